The van der Waals surface area contributed by atoms with Crippen molar-refractivity contribution in [2.45, 2.75) is 31.9 Å². The van der Waals surface area contributed by atoms with Gasteiger partial charge in [0, 0.05) is 10.9 Å². The second-order valence-electron chi connectivity index (χ2n) is 6.83. The van der Waals surface area contributed by atoms with E-state index in [4.69, 9.17) is 4.42 Å². The Morgan fingerprint density at radius 1 is 1.31 bits per heavy atom. The molecule has 1 saturated carbocycles. The van der Waals surface area contributed by atoms with Crippen LogP contribution in [0.3, 0.4) is 0 Å². The van der Waals surface area contributed by atoms with Crippen molar-refractivity contribution in [2.75, 3.05) is 0 Å². The van der Waals surface area contributed by atoms with Gasteiger partial charge in [-0.2, -0.15) is 0 Å². The van der Waals surface area contributed by atoms with E-state index in [2.05, 4.69) is 5.32 Å². The van der Waals surface area contributed by atoms with Gasteiger partial charge in [-0.1, -0.05) is 12.1 Å². The lowest BCUT2D eigenvalue weighted by Crippen LogP contribution is -2.41. The number of aliphatic hydroxyl groups excluding tert-OH is 1. The number of aliphatic hydroxyl groups is 1. The van der Waals surface area contributed by atoms with Gasteiger partial charge >= 0.3 is 0 Å². The molecule has 0 aliphatic heterocycles. The summed E-state index contributed by atoms with van der Waals surface area (Å²) < 4.78 is 5.70. The molecule has 5 nitrogen and oxygen atoms in total. The topological polar surface area (TPSA) is 79.5 Å². The first kappa shape index (κ1) is 17.0. The van der Waals surface area contributed by atoms with Crippen molar-refractivity contribution < 1.29 is 14.3 Å². The second kappa shape index (κ2) is 6.70. The van der Waals surface area contributed by atoms with Crippen LogP contribution in [0.4, 0.5) is 0 Å². The molecule has 1 amide bonds. The van der Waals surface area contributed by atoms with Gasteiger partial charge < -0.3 is 14.8 Å². The lowest BCUT2D eigenvalue weighted by atomic mass is 9.76. The number of fused-ring (bicyclic) bond motifs is 1. The normalized spacial score (nSPS) is 20.5. The highest BCUT2D eigenvalue weighted by atomic mass is 32.1. The molecular formula is C20H19NO4S. The number of hydrogen-bond acceptors (Lipinski definition) is 5. The Kier molecular flexibility index (Phi) is 4.38. The number of carbonyl (C=O) groups is 1. The molecule has 134 valence electrons. The zero-order valence-corrected chi connectivity index (χ0v) is 15.1. The highest BCUT2D eigenvalue weighted by Gasteiger charge is 2.36. The van der Waals surface area contributed by atoms with Crippen molar-refractivity contribution in [2.24, 2.45) is 5.92 Å². The average molecular weight is 369 g/mol. The fourth-order valence-electron chi connectivity index (χ4n) is 3.38. The number of nitrogens with one attached hydrogen (secondary N) is 1. The summed E-state index contributed by atoms with van der Waals surface area (Å²) in [7, 11) is 0. The van der Waals surface area contributed by atoms with E-state index < -0.39 is 5.91 Å². The minimum atomic E-state index is -0.412. The minimum absolute atomic E-state index is 0.00882. The molecule has 1 aromatic carbocycles. The van der Waals surface area contributed by atoms with Crippen LogP contribution >= 0.6 is 11.3 Å². The largest absolute Gasteiger partial charge is 0.451 e. The van der Waals surface area contributed by atoms with E-state index in [1.807, 2.05) is 30.5 Å². The average Bonchev–Trinajstić information content (AvgIpc) is 3.10. The maximum atomic E-state index is 12.8. The van der Waals surface area contributed by atoms with Gasteiger partial charge in [-0.3, -0.25) is 9.59 Å². The molecule has 1 aliphatic carbocycles. The Morgan fingerprint density at radius 3 is 2.81 bits per heavy atom. The molecule has 0 bridgehead atoms. The highest BCUT2D eigenvalue weighted by Crippen LogP contribution is 2.39. The number of rotatable bonds is 4. The van der Waals surface area contributed by atoms with Gasteiger partial charge in [-0.05, 0) is 54.8 Å². The third kappa shape index (κ3) is 3.18. The zero-order chi connectivity index (χ0) is 18.3. The molecular weight excluding hydrogens is 350 g/mol. The first-order chi connectivity index (χ1) is 12.5. The summed E-state index contributed by atoms with van der Waals surface area (Å²) in [6.45, 7) is 1.90. The SMILES string of the molecule is Cc1ccc2c(=O)cc(C(=O)N[C@H](c3cccs3)C3CC(O)C3)oc2c1. The molecule has 0 saturated heterocycles. The summed E-state index contributed by atoms with van der Waals surface area (Å²) in [5, 5.41) is 15.0. The number of aryl methyl sites for hydroxylation is 1. The Labute approximate surface area is 154 Å². The van der Waals surface area contributed by atoms with E-state index >= 15 is 0 Å². The molecule has 26 heavy (non-hydrogen) atoms. The molecule has 2 N–H and O–H groups in total. The van der Waals surface area contributed by atoms with Crippen molar-refractivity contribution in [3.63, 3.8) is 0 Å². The summed E-state index contributed by atoms with van der Waals surface area (Å²) in [5.74, 6) is -0.221. The highest BCUT2D eigenvalue weighted by molar-refractivity contribution is 7.10. The van der Waals surface area contributed by atoms with Crippen LogP contribution in [0, 0.1) is 12.8 Å². The van der Waals surface area contributed by atoms with E-state index in [0.29, 0.717) is 23.8 Å². The molecule has 0 unspecified atom stereocenters. The van der Waals surface area contributed by atoms with Crippen LogP contribution in [0.25, 0.3) is 11.0 Å². The van der Waals surface area contributed by atoms with Crippen LogP contribution < -0.4 is 10.7 Å². The first-order valence-electron chi connectivity index (χ1n) is 8.58. The molecule has 6 heteroatoms. The van der Waals surface area contributed by atoms with Gasteiger partial charge in [0.15, 0.2) is 11.2 Å². The summed E-state index contributed by atoms with van der Waals surface area (Å²) >= 11 is 1.57. The van der Waals surface area contributed by atoms with Crippen molar-refractivity contribution in [3.8, 4) is 0 Å². The molecule has 2 heterocycles. The maximum Gasteiger partial charge on any atom is 0.287 e. The fourth-order valence-corrected chi connectivity index (χ4v) is 4.25. The second-order valence-corrected chi connectivity index (χ2v) is 7.81. The molecule has 1 aliphatic rings. The smallest absolute Gasteiger partial charge is 0.287 e. The Balaban J connectivity index is 1.64. The van der Waals surface area contributed by atoms with E-state index in [0.717, 1.165) is 10.4 Å². The van der Waals surface area contributed by atoms with Gasteiger partial charge in [-0.15, -0.1) is 11.3 Å². The molecule has 2 aromatic heterocycles. The van der Waals surface area contributed by atoms with Crippen molar-refractivity contribution >= 4 is 28.2 Å². The number of carbonyl (C=O) groups excluding carboxylic acids is 1. The lowest BCUT2D eigenvalue weighted by Gasteiger charge is -2.37. The van der Waals surface area contributed by atoms with Crippen LogP contribution in [0.2, 0.25) is 0 Å². The van der Waals surface area contributed by atoms with Crippen LogP contribution in [0.15, 0.2) is 51.0 Å². The van der Waals surface area contributed by atoms with E-state index in [-0.39, 0.29) is 29.3 Å². The Hall–Kier alpha value is -2.44. The molecule has 1 fully saturated rings. The number of amides is 1. The Bertz CT molecular complexity index is 1000. The van der Waals surface area contributed by atoms with Crippen LogP contribution in [-0.2, 0) is 0 Å². The van der Waals surface area contributed by atoms with Gasteiger partial charge in [-0.25, -0.2) is 0 Å². The van der Waals surface area contributed by atoms with Gasteiger partial charge in [0.1, 0.15) is 5.58 Å². The predicted octanol–water partition coefficient (Wildman–Crippen LogP) is 3.40. The molecule has 4 rings (SSSR count). The van der Waals surface area contributed by atoms with E-state index in [1.54, 1.807) is 23.5 Å². The standard InChI is InChI=1S/C20H19NO4S/c1-11-4-5-14-15(23)10-17(25-16(14)7-11)20(24)21-19(12-8-13(22)9-12)18-3-2-6-26-18/h2-7,10,12-13,19,22H,8-9H2,1H3,(H,21,24)/t12?,13?,19-/m0/s1. The maximum absolute atomic E-state index is 12.8. The van der Waals surface area contributed by atoms with E-state index in [9.17, 15) is 14.7 Å². The zero-order valence-electron chi connectivity index (χ0n) is 14.3. The minimum Gasteiger partial charge on any atom is -0.451 e. The molecule has 0 spiro atoms. The number of thiophene rings is 1. The number of benzene rings is 1. The number of hydrogen-bond donors (Lipinski definition) is 2. The molecule has 3 aromatic rings. The van der Waals surface area contributed by atoms with Crippen LogP contribution in [0.5, 0.6) is 0 Å². The van der Waals surface area contributed by atoms with Gasteiger partial charge in [0.2, 0.25) is 0 Å². The first-order valence-corrected chi connectivity index (χ1v) is 9.46. The van der Waals surface area contributed by atoms with Gasteiger partial charge in [0.05, 0.1) is 17.5 Å². The molecule has 0 radical (unpaired) electrons. The van der Waals surface area contributed by atoms with Crippen molar-refractivity contribution in [1.82, 2.24) is 5.32 Å². The quantitative estimate of drug-likeness (QED) is 0.739. The summed E-state index contributed by atoms with van der Waals surface area (Å²) in [4.78, 5) is 26.1. The fraction of sp³-hybridized carbons (Fsp3) is 0.300. The third-order valence-electron chi connectivity index (χ3n) is 4.87. The summed E-state index contributed by atoms with van der Waals surface area (Å²) in [6.07, 6.45) is 1.01. The van der Waals surface area contributed by atoms with Crippen LogP contribution in [-0.4, -0.2) is 17.1 Å². The Morgan fingerprint density at radius 2 is 2.12 bits per heavy atom. The predicted molar refractivity (Wildman–Crippen MR) is 100 cm³/mol. The van der Waals surface area contributed by atoms with Crippen molar-refractivity contribution in [1.29, 1.82) is 0 Å². The summed E-state index contributed by atoms with van der Waals surface area (Å²) in [6, 6.07) is 10.3. The van der Waals surface area contributed by atoms with Gasteiger partial charge in [0.25, 0.3) is 5.91 Å². The van der Waals surface area contributed by atoms with Crippen LogP contribution in [0.1, 0.15) is 39.9 Å². The monoisotopic (exact) mass is 369 g/mol. The van der Waals surface area contributed by atoms with Crippen molar-refractivity contribution in [3.05, 3.63) is 68.2 Å². The summed E-state index contributed by atoms with van der Waals surface area (Å²) in [5.41, 5.74) is 1.13. The third-order valence-corrected chi connectivity index (χ3v) is 5.82. The molecule has 1 atom stereocenters. The lowest BCUT2D eigenvalue weighted by molar-refractivity contribution is 0.0238. The van der Waals surface area contributed by atoms with E-state index in [1.165, 1.54) is 6.07 Å².